The molecule has 3 heterocycles. The zero-order valence-corrected chi connectivity index (χ0v) is 25.4. The molecule has 42 heavy (non-hydrogen) atoms. The van der Waals surface area contributed by atoms with E-state index in [4.69, 9.17) is 28.4 Å². The number of aliphatic hydroxyl groups excluding tert-OH is 7. The van der Waals surface area contributed by atoms with Crippen LogP contribution in [-0.4, -0.2) is 134 Å². The third-order valence-electron chi connectivity index (χ3n) is 9.71. The summed E-state index contributed by atoms with van der Waals surface area (Å²) < 4.78 is 36.4. The lowest BCUT2D eigenvalue weighted by molar-refractivity contribution is -0.325. The summed E-state index contributed by atoms with van der Waals surface area (Å²) in [7, 11) is 0. The van der Waals surface area contributed by atoms with E-state index in [1.165, 1.54) is 0 Å². The van der Waals surface area contributed by atoms with Crippen LogP contribution in [0.25, 0.3) is 0 Å². The van der Waals surface area contributed by atoms with Gasteiger partial charge in [0.15, 0.2) is 18.9 Å². The first kappa shape index (κ1) is 34.4. The van der Waals surface area contributed by atoms with E-state index in [1.54, 1.807) is 13.8 Å². The van der Waals surface area contributed by atoms with Crippen molar-refractivity contribution in [1.82, 2.24) is 0 Å². The molecule has 19 atom stereocenters. The highest BCUT2D eigenvalue weighted by atomic mass is 16.8. The topological polar surface area (TPSA) is 197 Å². The van der Waals surface area contributed by atoms with Gasteiger partial charge in [-0.2, -0.15) is 0 Å². The summed E-state index contributed by atoms with van der Waals surface area (Å²) in [6, 6.07) is 0. The van der Waals surface area contributed by atoms with Crippen molar-refractivity contribution >= 4 is 0 Å². The molecule has 13 nitrogen and oxygen atoms in total. The van der Waals surface area contributed by atoms with E-state index in [2.05, 4.69) is 0 Å². The maximum atomic E-state index is 11.3. The molecule has 0 radical (unpaired) electrons. The zero-order chi connectivity index (χ0) is 31.0. The lowest BCUT2D eigenvalue weighted by Gasteiger charge is -2.47. The molecule has 0 amide bonds. The molecule has 7 N–H and O–H groups in total. The van der Waals surface area contributed by atoms with Gasteiger partial charge in [0.2, 0.25) is 0 Å². The average molecular weight is 609 g/mol. The first-order chi connectivity index (χ1) is 19.8. The summed E-state index contributed by atoms with van der Waals surface area (Å²) in [5.41, 5.74) is 0. The van der Waals surface area contributed by atoms with E-state index >= 15 is 0 Å². The molecule has 13 heteroatoms. The van der Waals surface area contributed by atoms with E-state index in [0.29, 0.717) is 19.3 Å². The van der Waals surface area contributed by atoms with E-state index < -0.39 is 111 Å². The van der Waals surface area contributed by atoms with Gasteiger partial charge in [0.1, 0.15) is 36.6 Å². The van der Waals surface area contributed by atoms with Crippen LogP contribution in [0.1, 0.15) is 60.8 Å². The molecule has 0 aromatic rings. The molecule has 0 aromatic carbocycles. The van der Waals surface area contributed by atoms with Crippen molar-refractivity contribution < 1.29 is 64.2 Å². The predicted octanol–water partition coefficient (Wildman–Crippen LogP) is -0.757. The molecule has 5 unspecified atom stereocenters. The molecule has 1 aliphatic carbocycles. The van der Waals surface area contributed by atoms with Crippen molar-refractivity contribution in [3.05, 3.63) is 0 Å². The lowest BCUT2D eigenvalue weighted by Crippen LogP contribution is -2.59. The largest absolute Gasteiger partial charge is 0.394 e. The number of ether oxygens (including phenoxy) is 6. The van der Waals surface area contributed by atoms with Crippen molar-refractivity contribution in [2.24, 2.45) is 23.7 Å². The second-order valence-corrected chi connectivity index (χ2v) is 12.8. The Kier molecular flexibility index (Phi) is 11.7. The predicted molar refractivity (Wildman–Crippen MR) is 146 cm³/mol. The van der Waals surface area contributed by atoms with E-state index in [-0.39, 0.29) is 11.8 Å². The fraction of sp³-hybridized carbons (Fsp3) is 1.00. The van der Waals surface area contributed by atoms with Crippen molar-refractivity contribution in [2.45, 2.75) is 153 Å². The van der Waals surface area contributed by atoms with Gasteiger partial charge < -0.3 is 64.2 Å². The molecule has 1 saturated carbocycles. The molecule has 246 valence electrons. The van der Waals surface area contributed by atoms with Crippen molar-refractivity contribution in [3.8, 4) is 0 Å². The van der Waals surface area contributed by atoms with E-state index in [1.807, 2.05) is 27.7 Å². The van der Waals surface area contributed by atoms with Gasteiger partial charge in [-0.3, -0.25) is 0 Å². The average Bonchev–Trinajstić information content (AvgIpc) is 3.27. The van der Waals surface area contributed by atoms with Crippen LogP contribution >= 0.6 is 0 Å². The van der Waals surface area contributed by atoms with Crippen LogP contribution in [0.2, 0.25) is 0 Å². The minimum atomic E-state index is -1.39. The third kappa shape index (κ3) is 6.69. The van der Waals surface area contributed by atoms with E-state index in [0.717, 1.165) is 0 Å². The van der Waals surface area contributed by atoms with Crippen LogP contribution in [0.15, 0.2) is 0 Å². The molecule has 0 spiro atoms. The standard InChI is InChI=1S/C29H52O13/c1-7-15-21(34)19(32)13(5)27(37-15)40-24-12(4)9-11(3)18(31)26(24)42-29-23(36)25(17(10-30)39-29)41-28-14(6)20(33)22(35)16(8-2)38-28/h11-36H,7-10H2,1-6H3/t11-,12+,13?,14?,15-,16+,17-,18-,19-,20+,21?,22-,23?,24+,25+,26-,27+,28?,29+/m1/s1. The number of rotatable bonds is 9. The third-order valence-corrected chi connectivity index (χ3v) is 9.71. The Morgan fingerprint density at radius 1 is 0.524 bits per heavy atom. The Morgan fingerprint density at radius 3 is 1.45 bits per heavy atom. The van der Waals surface area contributed by atoms with E-state index in [9.17, 15) is 35.7 Å². The van der Waals surface area contributed by atoms with Gasteiger partial charge in [-0.15, -0.1) is 0 Å². The molecule has 0 aromatic heterocycles. The highest BCUT2D eigenvalue weighted by Crippen LogP contribution is 2.40. The fourth-order valence-corrected chi connectivity index (χ4v) is 6.79. The summed E-state index contributed by atoms with van der Waals surface area (Å²) in [6.07, 6.45) is -13.4. The van der Waals surface area contributed by atoms with Crippen LogP contribution in [-0.2, 0) is 28.4 Å². The smallest absolute Gasteiger partial charge is 0.187 e. The van der Waals surface area contributed by atoms with Gasteiger partial charge in [0, 0.05) is 11.8 Å². The number of aliphatic hydroxyl groups is 7. The van der Waals surface area contributed by atoms with Gasteiger partial charge in [0.25, 0.3) is 0 Å². The Hall–Kier alpha value is -0.520. The van der Waals surface area contributed by atoms with Crippen LogP contribution < -0.4 is 0 Å². The summed E-state index contributed by atoms with van der Waals surface area (Å²) >= 11 is 0. The normalized spacial score (nSPS) is 53.8. The molecular formula is C29H52O13. The highest BCUT2D eigenvalue weighted by molar-refractivity contribution is 4.97. The Bertz CT molecular complexity index is 846. The van der Waals surface area contributed by atoms with Crippen LogP contribution in [0.5, 0.6) is 0 Å². The van der Waals surface area contributed by atoms with Gasteiger partial charge in [-0.05, 0) is 31.1 Å². The van der Waals surface area contributed by atoms with Crippen molar-refractivity contribution in [2.75, 3.05) is 6.61 Å². The minimum Gasteiger partial charge on any atom is -0.394 e. The first-order valence-corrected chi connectivity index (χ1v) is 15.5. The Morgan fingerprint density at radius 2 is 0.976 bits per heavy atom. The van der Waals surface area contributed by atoms with Gasteiger partial charge in [-0.25, -0.2) is 0 Å². The number of hydrogen-bond donors (Lipinski definition) is 7. The van der Waals surface area contributed by atoms with Gasteiger partial charge >= 0.3 is 0 Å². The first-order valence-electron chi connectivity index (χ1n) is 15.5. The molecule has 4 aliphatic rings. The zero-order valence-electron chi connectivity index (χ0n) is 25.4. The summed E-state index contributed by atoms with van der Waals surface area (Å²) in [6.45, 7) is 10.4. The molecule has 3 aliphatic heterocycles. The van der Waals surface area contributed by atoms with Crippen molar-refractivity contribution in [1.29, 1.82) is 0 Å². The van der Waals surface area contributed by atoms with Gasteiger partial charge in [-0.1, -0.05) is 41.5 Å². The quantitative estimate of drug-likeness (QED) is 0.173. The Labute approximate surface area is 247 Å². The lowest BCUT2D eigenvalue weighted by atomic mass is 9.77. The summed E-state index contributed by atoms with van der Waals surface area (Å²) in [5, 5.41) is 74.4. The van der Waals surface area contributed by atoms with Crippen LogP contribution in [0.3, 0.4) is 0 Å². The molecular weight excluding hydrogens is 556 g/mol. The monoisotopic (exact) mass is 608 g/mol. The Balaban J connectivity index is 1.50. The highest BCUT2D eigenvalue weighted by Gasteiger charge is 2.53. The van der Waals surface area contributed by atoms with Crippen molar-refractivity contribution in [3.63, 3.8) is 0 Å². The second-order valence-electron chi connectivity index (χ2n) is 12.8. The SMILES string of the molecule is CC[C@@H]1OC(O[C@@H]2C(O)[C@H](O[C@@H]3[C@H](O)[C@H](C)C[C@H](C)[C@@H]3O[C@@H]3O[C@H](CC)C(O)[C@H](O)C3C)O[C@@H]2CO)C(C)[C@H](O)[C@@H]1O. The fourth-order valence-electron chi connectivity index (χ4n) is 6.79. The summed E-state index contributed by atoms with van der Waals surface area (Å²) in [4.78, 5) is 0. The maximum Gasteiger partial charge on any atom is 0.187 e. The minimum absolute atomic E-state index is 0.108. The number of hydrogen-bond acceptors (Lipinski definition) is 13. The van der Waals surface area contributed by atoms with Crippen LogP contribution in [0, 0.1) is 23.7 Å². The second kappa shape index (κ2) is 14.3. The molecule has 4 fully saturated rings. The van der Waals surface area contributed by atoms with Crippen LogP contribution in [0.4, 0.5) is 0 Å². The molecule has 0 bridgehead atoms. The molecule has 4 rings (SSSR count). The maximum absolute atomic E-state index is 11.3. The van der Waals surface area contributed by atoms with Gasteiger partial charge in [0.05, 0.1) is 43.2 Å². The summed E-state index contributed by atoms with van der Waals surface area (Å²) in [5.74, 6) is -1.47. The molecule has 3 saturated heterocycles.